The number of hydrogen-bond donors (Lipinski definition) is 1. The van der Waals surface area contributed by atoms with E-state index in [1.54, 1.807) is 0 Å². The number of ether oxygens (including phenoxy) is 1. The van der Waals surface area contributed by atoms with Crippen LogP contribution in [0.15, 0.2) is 0 Å². The van der Waals surface area contributed by atoms with E-state index in [2.05, 4.69) is 24.1 Å². The van der Waals surface area contributed by atoms with Gasteiger partial charge in [-0.15, -0.1) is 11.3 Å². The third kappa shape index (κ3) is 2.93. The highest BCUT2D eigenvalue weighted by Crippen LogP contribution is 2.44. The Morgan fingerprint density at radius 3 is 2.58 bits per heavy atom. The molecule has 4 nitrogen and oxygen atoms in total. The molecule has 1 aliphatic heterocycles. The lowest BCUT2D eigenvalue weighted by Gasteiger charge is -2.35. The third-order valence-corrected chi connectivity index (χ3v) is 4.84. The van der Waals surface area contributed by atoms with Crippen LogP contribution in [0.3, 0.4) is 0 Å². The van der Waals surface area contributed by atoms with Gasteiger partial charge in [-0.05, 0) is 33.7 Å². The molecule has 0 bridgehead atoms. The Bertz CT molecular complexity index is 434. The lowest BCUT2D eigenvalue weighted by Crippen LogP contribution is -2.45. The first-order valence-corrected chi connectivity index (χ1v) is 8.03. The van der Waals surface area contributed by atoms with Gasteiger partial charge in [0.1, 0.15) is 0 Å². The van der Waals surface area contributed by atoms with Crippen molar-refractivity contribution < 1.29 is 4.74 Å². The van der Waals surface area contributed by atoms with E-state index in [0.717, 1.165) is 25.6 Å². The number of hydrogen-bond acceptors (Lipinski definition) is 5. The average molecular weight is 281 g/mol. The van der Waals surface area contributed by atoms with Crippen molar-refractivity contribution in [3.05, 3.63) is 10.6 Å². The predicted molar refractivity (Wildman–Crippen MR) is 79.1 cm³/mol. The van der Waals surface area contributed by atoms with E-state index < -0.39 is 0 Å². The number of rotatable bonds is 4. The summed E-state index contributed by atoms with van der Waals surface area (Å²) in [5, 5.41) is 4.46. The maximum Gasteiger partial charge on any atom is 0.186 e. The summed E-state index contributed by atoms with van der Waals surface area (Å²) in [7, 11) is 2.01. The molecule has 0 radical (unpaired) electrons. The molecule has 2 atom stereocenters. The monoisotopic (exact) mass is 281 g/mol. The SMILES string of the molecule is CNCc1sc(N2CC(C)OC(C)C2)nc1C1CC1. The number of nitrogens with one attached hydrogen (secondary N) is 1. The first-order chi connectivity index (χ1) is 9.17. The van der Waals surface area contributed by atoms with Gasteiger partial charge in [0.05, 0.1) is 17.9 Å². The van der Waals surface area contributed by atoms with Crippen LogP contribution in [-0.2, 0) is 11.3 Å². The van der Waals surface area contributed by atoms with Gasteiger partial charge in [-0.1, -0.05) is 0 Å². The van der Waals surface area contributed by atoms with Crippen LogP contribution < -0.4 is 10.2 Å². The van der Waals surface area contributed by atoms with Gasteiger partial charge in [0, 0.05) is 30.4 Å². The first-order valence-electron chi connectivity index (χ1n) is 7.22. The Balaban J connectivity index is 1.81. The van der Waals surface area contributed by atoms with E-state index in [1.807, 2.05) is 18.4 Å². The first kappa shape index (κ1) is 13.3. The minimum Gasteiger partial charge on any atom is -0.372 e. The summed E-state index contributed by atoms with van der Waals surface area (Å²) in [4.78, 5) is 8.75. The van der Waals surface area contributed by atoms with E-state index in [1.165, 1.54) is 28.5 Å². The summed E-state index contributed by atoms with van der Waals surface area (Å²) in [6.07, 6.45) is 3.22. The highest BCUT2D eigenvalue weighted by Gasteiger charge is 2.31. The Hall–Kier alpha value is -0.650. The van der Waals surface area contributed by atoms with Crippen molar-refractivity contribution >= 4 is 16.5 Å². The van der Waals surface area contributed by atoms with Gasteiger partial charge in [-0.2, -0.15) is 0 Å². The largest absolute Gasteiger partial charge is 0.372 e. The molecule has 0 aromatic carbocycles. The topological polar surface area (TPSA) is 37.4 Å². The molecule has 1 saturated heterocycles. The number of thiazole rings is 1. The molecule has 2 fully saturated rings. The number of morpholine rings is 1. The molecule has 5 heteroatoms. The minimum atomic E-state index is 0.296. The Morgan fingerprint density at radius 2 is 2.00 bits per heavy atom. The smallest absolute Gasteiger partial charge is 0.186 e. The van der Waals surface area contributed by atoms with Gasteiger partial charge in [0.25, 0.3) is 0 Å². The summed E-state index contributed by atoms with van der Waals surface area (Å²) in [5.41, 5.74) is 1.35. The highest BCUT2D eigenvalue weighted by atomic mass is 32.1. The molecule has 1 N–H and O–H groups in total. The van der Waals surface area contributed by atoms with Gasteiger partial charge in [-0.25, -0.2) is 4.98 Å². The summed E-state index contributed by atoms with van der Waals surface area (Å²) < 4.78 is 5.81. The Morgan fingerprint density at radius 1 is 1.32 bits per heavy atom. The summed E-state index contributed by atoms with van der Waals surface area (Å²) >= 11 is 1.86. The molecule has 1 aromatic rings. The molecule has 0 amide bonds. The molecule has 1 aliphatic carbocycles. The van der Waals surface area contributed by atoms with Crippen LogP contribution in [0.25, 0.3) is 0 Å². The van der Waals surface area contributed by atoms with Gasteiger partial charge < -0.3 is 15.0 Å². The van der Waals surface area contributed by atoms with Crippen LogP contribution in [0.2, 0.25) is 0 Å². The van der Waals surface area contributed by atoms with E-state index in [9.17, 15) is 0 Å². The number of anilines is 1. The summed E-state index contributed by atoms with van der Waals surface area (Å²) in [6, 6.07) is 0. The molecule has 106 valence electrons. The third-order valence-electron chi connectivity index (χ3n) is 3.71. The Kier molecular flexibility index (Phi) is 3.78. The average Bonchev–Trinajstić information content (AvgIpc) is 3.10. The van der Waals surface area contributed by atoms with Crippen LogP contribution in [0.4, 0.5) is 5.13 Å². The van der Waals surface area contributed by atoms with Crippen LogP contribution in [0.5, 0.6) is 0 Å². The molecule has 2 unspecified atom stereocenters. The van der Waals surface area contributed by atoms with Crippen molar-refractivity contribution in [3.63, 3.8) is 0 Å². The van der Waals surface area contributed by atoms with Gasteiger partial charge in [-0.3, -0.25) is 0 Å². The molecule has 1 saturated carbocycles. The van der Waals surface area contributed by atoms with Crippen LogP contribution >= 0.6 is 11.3 Å². The fourth-order valence-corrected chi connectivity index (χ4v) is 3.96. The molecule has 19 heavy (non-hydrogen) atoms. The normalized spacial score (nSPS) is 27.8. The van der Waals surface area contributed by atoms with Crippen LogP contribution in [-0.4, -0.2) is 37.3 Å². The molecule has 0 spiro atoms. The van der Waals surface area contributed by atoms with E-state index in [4.69, 9.17) is 9.72 Å². The van der Waals surface area contributed by atoms with Crippen LogP contribution in [0.1, 0.15) is 43.2 Å². The predicted octanol–water partition coefficient (Wildman–Crippen LogP) is 2.35. The zero-order valence-corrected chi connectivity index (χ0v) is 12.8. The van der Waals surface area contributed by atoms with Crippen molar-refractivity contribution in [1.29, 1.82) is 0 Å². The second-order valence-electron chi connectivity index (χ2n) is 5.77. The highest BCUT2D eigenvalue weighted by molar-refractivity contribution is 7.15. The van der Waals surface area contributed by atoms with Crippen LogP contribution in [0, 0.1) is 0 Å². The second-order valence-corrected chi connectivity index (χ2v) is 6.83. The van der Waals surface area contributed by atoms with Gasteiger partial charge in [0.15, 0.2) is 5.13 Å². The maximum atomic E-state index is 5.81. The van der Waals surface area contributed by atoms with E-state index in [0.29, 0.717) is 12.2 Å². The van der Waals surface area contributed by atoms with Crippen molar-refractivity contribution in [1.82, 2.24) is 10.3 Å². The molecule has 1 aromatic heterocycles. The summed E-state index contributed by atoms with van der Waals surface area (Å²) in [6.45, 7) is 7.15. The van der Waals surface area contributed by atoms with Crippen molar-refractivity contribution in [2.75, 3.05) is 25.0 Å². The van der Waals surface area contributed by atoms with E-state index in [-0.39, 0.29) is 0 Å². The maximum absolute atomic E-state index is 5.81. The quantitative estimate of drug-likeness (QED) is 0.919. The second kappa shape index (κ2) is 5.38. The van der Waals surface area contributed by atoms with Crippen molar-refractivity contribution in [2.45, 2.75) is 51.4 Å². The number of aromatic nitrogens is 1. The van der Waals surface area contributed by atoms with Crippen molar-refractivity contribution in [3.8, 4) is 0 Å². The molecule has 2 aliphatic rings. The zero-order chi connectivity index (χ0) is 13.4. The molecule has 2 heterocycles. The fourth-order valence-electron chi connectivity index (χ4n) is 2.78. The Labute approximate surface area is 119 Å². The summed E-state index contributed by atoms with van der Waals surface area (Å²) in [5.74, 6) is 0.726. The lowest BCUT2D eigenvalue weighted by atomic mass is 10.2. The molecule has 3 rings (SSSR count). The lowest BCUT2D eigenvalue weighted by molar-refractivity contribution is -0.00523. The van der Waals surface area contributed by atoms with Gasteiger partial charge in [0.2, 0.25) is 0 Å². The molecular formula is C14H23N3OS. The van der Waals surface area contributed by atoms with E-state index >= 15 is 0 Å². The molecular weight excluding hydrogens is 258 g/mol. The zero-order valence-electron chi connectivity index (χ0n) is 12.0. The number of nitrogens with zero attached hydrogens (tertiary/aromatic N) is 2. The minimum absolute atomic E-state index is 0.296. The fraction of sp³-hybridized carbons (Fsp3) is 0.786. The standard InChI is InChI=1S/C14H23N3OS/c1-9-7-17(8-10(2)18-9)14-16-13(11-4-5-11)12(19-14)6-15-3/h9-11,15H,4-8H2,1-3H3. The van der Waals surface area contributed by atoms with Crippen molar-refractivity contribution in [2.24, 2.45) is 0 Å². The van der Waals surface area contributed by atoms with Gasteiger partial charge >= 0.3 is 0 Å².